The van der Waals surface area contributed by atoms with Gasteiger partial charge in [-0.25, -0.2) is 0 Å². The lowest BCUT2D eigenvalue weighted by Gasteiger charge is -2.27. The van der Waals surface area contributed by atoms with E-state index in [0.717, 1.165) is 6.42 Å². The third-order valence-corrected chi connectivity index (χ3v) is 3.99. The number of carbonyl (C=O) groups is 1. The highest BCUT2D eigenvalue weighted by molar-refractivity contribution is 6.31. The first-order valence-corrected chi connectivity index (χ1v) is 6.66. The number of nitrogens with zero attached hydrogens (tertiary/aromatic N) is 1. The average molecular weight is 276 g/mol. The molecule has 2 atom stereocenters. The third-order valence-electron chi connectivity index (χ3n) is 3.76. The molecule has 0 saturated carbocycles. The molecule has 1 aromatic rings. The number of ketones is 1. The molecule has 3 rings (SSSR count). The molecular weight excluding hydrogens is 262 g/mol. The summed E-state index contributed by atoms with van der Waals surface area (Å²) in [6.45, 7) is 2.31. The van der Waals surface area contributed by atoms with E-state index < -0.39 is 5.54 Å². The first-order chi connectivity index (χ1) is 9.11. The largest absolute Gasteiger partial charge is 0.492 e. The van der Waals surface area contributed by atoms with Crippen molar-refractivity contribution < 1.29 is 9.53 Å². The quantitative estimate of drug-likeness (QED) is 0.681. The van der Waals surface area contributed by atoms with E-state index in [1.54, 1.807) is 24.4 Å². The van der Waals surface area contributed by atoms with Crippen molar-refractivity contribution >= 4 is 23.6 Å². The van der Waals surface area contributed by atoms with Crippen LogP contribution in [-0.2, 0) is 0 Å². The zero-order valence-electron chi connectivity index (χ0n) is 10.6. The van der Waals surface area contributed by atoms with Crippen molar-refractivity contribution in [3.8, 4) is 5.75 Å². The predicted molar refractivity (Wildman–Crippen MR) is 75.4 cm³/mol. The summed E-state index contributed by atoms with van der Waals surface area (Å²) < 4.78 is 5.76. The van der Waals surface area contributed by atoms with Gasteiger partial charge in [-0.3, -0.25) is 9.79 Å². The average Bonchev–Trinajstić information content (AvgIpc) is 2.63. The normalized spacial score (nSPS) is 28.9. The summed E-state index contributed by atoms with van der Waals surface area (Å²) in [6.07, 6.45) is 6.61. The maximum Gasteiger partial charge on any atom is 0.194 e. The Morgan fingerprint density at radius 3 is 3.16 bits per heavy atom. The van der Waals surface area contributed by atoms with Gasteiger partial charge in [0.25, 0.3) is 0 Å². The van der Waals surface area contributed by atoms with Crippen LogP contribution >= 0.6 is 11.6 Å². The zero-order chi connectivity index (χ0) is 13.5. The minimum Gasteiger partial charge on any atom is -0.492 e. The monoisotopic (exact) mass is 275 g/mol. The summed E-state index contributed by atoms with van der Waals surface area (Å²) in [5, 5.41) is 0.567. The van der Waals surface area contributed by atoms with Gasteiger partial charge in [-0.1, -0.05) is 23.8 Å². The number of halogens is 1. The fourth-order valence-corrected chi connectivity index (χ4v) is 2.69. The fraction of sp³-hybridized carbons (Fsp3) is 0.333. The number of hydrogen-bond acceptors (Lipinski definition) is 3. The lowest BCUT2D eigenvalue weighted by Crippen LogP contribution is -2.41. The Labute approximate surface area is 116 Å². The molecule has 0 bridgehead atoms. The molecule has 0 radical (unpaired) electrons. The van der Waals surface area contributed by atoms with Gasteiger partial charge in [0.15, 0.2) is 5.78 Å². The molecular formula is C15H14ClNO2. The number of carbonyl (C=O) groups excluding carboxylic acids is 1. The Morgan fingerprint density at radius 1 is 1.47 bits per heavy atom. The summed E-state index contributed by atoms with van der Waals surface area (Å²) in [7, 11) is 0. The van der Waals surface area contributed by atoms with Crippen molar-refractivity contribution in [1.82, 2.24) is 0 Å². The van der Waals surface area contributed by atoms with Crippen molar-refractivity contribution in [2.24, 2.45) is 10.9 Å². The minimum atomic E-state index is -0.786. The van der Waals surface area contributed by atoms with Crippen LogP contribution in [0.5, 0.6) is 5.75 Å². The second-order valence-electron chi connectivity index (χ2n) is 5.01. The van der Waals surface area contributed by atoms with Gasteiger partial charge < -0.3 is 4.74 Å². The van der Waals surface area contributed by atoms with Crippen molar-refractivity contribution in [3.05, 3.63) is 40.9 Å². The Bertz CT molecular complexity index is 594. The molecule has 98 valence electrons. The van der Waals surface area contributed by atoms with E-state index in [0.29, 0.717) is 22.9 Å². The number of rotatable bonds is 0. The van der Waals surface area contributed by atoms with Crippen LogP contribution in [0.15, 0.2) is 35.3 Å². The topological polar surface area (TPSA) is 38.7 Å². The highest BCUT2D eigenvalue weighted by atomic mass is 35.5. The van der Waals surface area contributed by atoms with Gasteiger partial charge in [-0.05, 0) is 25.1 Å². The van der Waals surface area contributed by atoms with Crippen LogP contribution in [0.3, 0.4) is 0 Å². The molecule has 4 heteroatoms. The van der Waals surface area contributed by atoms with Crippen molar-refractivity contribution in [1.29, 1.82) is 0 Å². The summed E-state index contributed by atoms with van der Waals surface area (Å²) >= 11 is 5.96. The molecule has 3 nitrogen and oxygen atoms in total. The van der Waals surface area contributed by atoms with Crippen molar-refractivity contribution in [3.63, 3.8) is 0 Å². The molecule has 2 aliphatic rings. The number of aliphatic imine (C=N–C) groups is 1. The zero-order valence-corrected chi connectivity index (χ0v) is 11.4. The highest BCUT2D eigenvalue weighted by Crippen LogP contribution is 2.37. The van der Waals surface area contributed by atoms with Crippen LogP contribution < -0.4 is 4.74 Å². The number of allylic oxidation sites excluding steroid dienone is 1. The second kappa shape index (κ2) is 4.49. The van der Waals surface area contributed by atoms with E-state index in [4.69, 9.17) is 16.3 Å². The SMILES string of the molecule is CC12N=CCC=CC1COc1cc(Cl)ccc1C2=O. The van der Waals surface area contributed by atoms with E-state index in [1.807, 2.05) is 19.1 Å². The van der Waals surface area contributed by atoms with Gasteiger partial charge in [0.05, 0.1) is 12.2 Å². The maximum atomic E-state index is 12.8. The number of fused-ring (bicyclic) bond motifs is 2. The van der Waals surface area contributed by atoms with E-state index in [1.165, 1.54) is 0 Å². The minimum absolute atomic E-state index is 0.00975. The van der Waals surface area contributed by atoms with Gasteiger partial charge in [0.1, 0.15) is 11.3 Å². The molecule has 0 aliphatic carbocycles. The molecule has 0 aromatic heterocycles. The molecule has 0 saturated heterocycles. The number of ether oxygens (including phenoxy) is 1. The van der Waals surface area contributed by atoms with E-state index in [9.17, 15) is 4.79 Å². The molecule has 2 heterocycles. The van der Waals surface area contributed by atoms with Crippen LogP contribution in [-0.4, -0.2) is 24.1 Å². The molecule has 2 unspecified atom stereocenters. The standard InChI is InChI=1S/C15H14ClNO2/c1-15-10(4-2-3-7-17-15)9-19-13-8-11(16)5-6-12(13)14(15)18/h2,4-8,10H,3,9H2,1H3. The molecule has 2 aliphatic heterocycles. The molecule has 1 aromatic carbocycles. The van der Waals surface area contributed by atoms with Gasteiger partial charge in [0.2, 0.25) is 0 Å². The summed E-state index contributed by atoms with van der Waals surface area (Å²) in [6, 6.07) is 5.12. The van der Waals surface area contributed by atoms with Gasteiger partial charge in [-0.15, -0.1) is 0 Å². The van der Waals surface area contributed by atoms with Crippen molar-refractivity contribution in [2.45, 2.75) is 18.9 Å². The Hall–Kier alpha value is -1.61. The number of benzene rings is 1. The highest BCUT2D eigenvalue weighted by Gasteiger charge is 2.44. The Kier molecular flexibility index (Phi) is 2.94. The van der Waals surface area contributed by atoms with Gasteiger partial charge in [0, 0.05) is 23.6 Å². The van der Waals surface area contributed by atoms with Gasteiger partial charge in [-0.2, -0.15) is 0 Å². The summed E-state index contributed by atoms with van der Waals surface area (Å²) in [5.74, 6) is 0.491. The van der Waals surface area contributed by atoms with Crippen LogP contribution in [0.25, 0.3) is 0 Å². The van der Waals surface area contributed by atoms with Crippen LogP contribution in [0.2, 0.25) is 5.02 Å². The Balaban J connectivity index is 2.14. The maximum absolute atomic E-state index is 12.8. The molecule has 0 spiro atoms. The van der Waals surface area contributed by atoms with Gasteiger partial charge >= 0.3 is 0 Å². The molecule has 0 N–H and O–H groups in total. The molecule has 0 fully saturated rings. The summed E-state index contributed by atoms with van der Waals surface area (Å²) in [5.41, 5.74) is -0.228. The van der Waals surface area contributed by atoms with Crippen LogP contribution in [0.1, 0.15) is 23.7 Å². The van der Waals surface area contributed by atoms with E-state index in [-0.39, 0.29) is 11.7 Å². The second-order valence-corrected chi connectivity index (χ2v) is 5.45. The first kappa shape index (κ1) is 12.4. The lowest BCUT2D eigenvalue weighted by atomic mass is 9.81. The number of hydrogen-bond donors (Lipinski definition) is 0. The summed E-state index contributed by atoms with van der Waals surface area (Å²) in [4.78, 5) is 17.3. The molecule has 0 amide bonds. The van der Waals surface area contributed by atoms with Crippen LogP contribution in [0, 0.1) is 5.92 Å². The number of Topliss-reactive ketones (excluding diaryl/α,β-unsaturated/α-hetero) is 1. The first-order valence-electron chi connectivity index (χ1n) is 6.29. The lowest BCUT2D eigenvalue weighted by molar-refractivity contribution is 0.0865. The van der Waals surface area contributed by atoms with Crippen LogP contribution in [0.4, 0.5) is 0 Å². The Morgan fingerprint density at radius 2 is 2.32 bits per heavy atom. The van der Waals surface area contributed by atoms with E-state index >= 15 is 0 Å². The third kappa shape index (κ3) is 1.98. The van der Waals surface area contributed by atoms with Crippen molar-refractivity contribution in [2.75, 3.05) is 6.61 Å². The van der Waals surface area contributed by atoms with E-state index in [2.05, 4.69) is 4.99 Å². The fourth-order valence-electron chi connectivity index (χ4n) is 2.53. The predicted octanol–water partition coefficient (Wildman–Crippen LogP) is 3.32. The smallest absolute Gasteiger partial charge is 0.194 e. The molecule has 19 heavy (non-hydrogen) atoms.